The number of aryl methyl sites for hydroxylation is 1. The second-order valence-electron chi connectivity index (χ2n) is 5.08. The standard InChI is InChI=1S/C14H18Cl2N2O/c1-8-5-6-11(15)13(12(8)16)18-14(19)10-4-2-3-9(10)7-17/h5-6,9-10H,2-4,7,17H2,1H3,(H,18,19). The van der Waals surface area contributed by atoms with Crippen molar-refractivity contribution in [2.75, 3.05) is 11.9 Å². The first-order chi connectivity index (χ1) is 9.04. The number of carbonyl (C=O) groups is 1. The van der Waals surface area contributed by atoms with E-state index in [9.17, 15) is 4.79 Å². The first kappa shape index (κ1) is 14.6. The first-order valence-corrected chi connectivity index (χ1v) is 7.25. The number of carbonyl (C=O) groups excluding carboxylic acids is 1. The van der Waals surface area contributed by atoms with E-state index in [0.717, 1.165) is 24.8 Å². The number of nitrogens with two attached hydrogens (primary N) is 1. The maximum Gasteiger partial charge on any atom is 0.227 e. The molecular weight excluding hydrogens is 283 g/mol. The van der Waals surface area contributed by atoms with Gasteiger partial charge in [-0.2, -0.15) is 0 Å². The number of halogens is 2. The molecule has 1 saturated carbocycles. The second kappa shape index (κ2) is 6.12. The predicted octanol–water partition coefficient (Wildman–Crippen LogP) is 3.62. The zero-order valence-electron chi connectivity index (χ0n) is 10.9. The zero-order chi connectivity index (χ0) is 14.0. The Morgan fingerprint density at radius 2 is 2.16 bits per heavy atom. The van der Waals surface area contributed by atoms with Gasteiger partial charge in [-0.1, -0.05) is 35.7 Å². The van der Waals surface area contributed by atoms with Crippen LogP contribution in [0.2, 0.25) is 10.0 Å². The number of hydrogen-bond acceptors (Lipinski definition) is 2. The van der Waals surface area contributed by atoms with Crippen molar-refractivity contribution < 1.29 is 4.79 Å². The van der Waals surface area contributed by atoms with Gasteiger partial charge in [0, 0.05) is 5.92 Å². The van der Waals surface area contributed by atoms with Crippen LogP contribution in [0.3, 0.4) is 0 Å². The SMILES string of the molecule is Cc1ccc(Cl)c(NC(=O)C2CCCC2CN)c1Cl. The molecule has 1 aromatic rings. The molecule has 104 valence electrons. The Labute approximate surface area is 123 Å². The van der Waals surface area contributed by atoms with Crippen molar-refractivity contribution in [3.63, 3.8) is 0 Å². The highest BCUT2D eigenvalue weighted by atomic mass is 35.5. The van der Waals surface area contributed by atoms with Gasteiger partial charge in [-0.15, -0.1) is 0 Å². The van der Waals surface area contributed by atoms with E-state index in [2.05, 4.69) is 5.32 Å². The molecule has 19 heavy (non-hydrogen) atoms. The lowest BCUT2D eigenvalue weighted by atomic mass is 9.95. The number of benzene rings is 1. The molecule has 2 rings (SSSR count). The first-order valence-electron chi connectivity index (χ1n) is 6.50. The summed E-state index contributed by atoms with van der Waals surface area (Å²) in [6.45, 7) is 2.43. The third kappa shape index (κ3) is 3.04. The van der Waals surface area contributed by atoms with E-state index in [4.69, 9.17) is 28.9 Å². The van der Waals surface area contributed by atoms with Gasteiger partial charge in [0.15, 0.2) is 0 Å². The maximum atomic E-state index is 12.3. The summed E-state index contributed by atoms with van der Waals surface area (Å²) in [5.74, 6) is 0.211. The molecule has 0 aliphatic heterocycles. The fraction of sp³-hybridized carbons (Fsp3) is 0.500. The minimum absolute atomic E-state index is 0.0256. The van der Waals surface area contributed by atoms with Crippen molar-refractivity contribution in [3.8, 4) is 0 Å². The largest absolute Gasteiger partial charge is 0.330 e. The van der Waals surface area contributed by atoms with E-state index in [1.54, 1.807) is 6.07 Å². The summed E-state index contributed by atoms with van der Waals surface area (Å²) in [5.41, 5.74) is 7.11. The van der Waals surface area contributed by atoms with Gasteiger partial charge in [0.25, 0.3) is 0 Å². The van der Waals surface area contributed by atoms with Crippen LogP contribution >= 0.6 is 23.2 Å². The Kier molecular flexibility index (Phi) is 4.71. The van der Waals surface area contributed by atoms with Crippen LogP contribution in [0, 0.1) is 18.8 Å². The lowest BCUT2D eigenvalue weighted by Gasteiger charge is -2.19. The Morgan fingerprint density at radius 1 is 1.42 bits per heavy atom. The molecule has 3 N–H and O–H groups in total. The summed E-state index contributed by atoms with van der Waals surface area (Å²) in [4.78, 5) is 12.3. The molecule has 0 heterocycles. The van der Waals surface area contributed by atoms with Crippen LogP contribution < -0.4 is 11.1 Å². The highest BCUT2D eigenvalue weighted by Gasteiger charge is 2.32. The van der Waals surface area contributed by atoms with Gasteiger partial charge in [0.2, 0.25) is 5.91 Å². The molecule has 2 unspecified atom stereocenters. The van der Waals surface area contributed by atoms with Crippen molar-refractivity contribution in [2.45, 2.75) is 26.2 Å². The summed E-state index contributed by atoms with van der Waals surface area (Å²) in [6.07, 6.45) is 2.95. The van der Waals surface area contributed by atoms with Gasteiger partial charge in [-0.05, 0) is 43.9 Å². The summed E-state index contributed by atoms with van der Waals surface area (Å²) in [5, 5.41) is 3.83. The summed E-state index contributed by atoms with van der Waals surface area (Å²) in [7, 11) is 0. The number of anilines is 1. The van der Waals surface area contributed by atoms with E-state index < -0.39 is 0 Å². The van der Waals surface area contributed by atoms with E-state index in [0.29, 0.717) is 22.3 Å². The average Bonchev–Trinajstić information content (AvgIpc) is 2.87. The van der Waals surface area contributed by atoms with Gasteiger partial charge in [0.05, 0.1) is 15.7 Å². The molecular formula is C14H18Cl2N2O. The van der Waals surface area contributed by atoms with Gasteiger partial charge >= 0.3 is 0 Å². The zero-order valence-corrected chi connectivity index (χ0v) is 12.4. The molecule has 0 radical (unpaired) electrons. The molecule has 2 atom stereocenters. The molecule has 0 bridgehead atoms. The smallest absolute Gasteiger partial charge is 0.227 e. The predicted molar refractivity (Wildman–Crippen MR) is 79.7 cm³/mol. The number of nitrogens with one attached hydrogen (secondary N) is 1. The van der Waals surface area contributed by atoms with Crippen molar-refractivity contribution in [1.29, 1.82) is 0 Å². The molecule has 3 nitrogen and oxygen atoms in total. The molecule has 1 aromatic carbocycles. The average molecular weight is 301 g/mol. The van der Waals surface area contributed by atoms with Crippen LogP contribution in [0.5, 0.6) is 0 Å². The quantitative estimate of drug-likeness (QED) is 0.896. The van der Waals surface area contributed by atoms with Gasteiger partial charge in [-0.25, -0.2) is 0 Å². The normalized spacial score (nSPS) is 22.5. The van der Waals surface area contributed by atoms with Crippen molar-refractivity contribution in [1.82, 2.24) is 0 Å². The molecule has 5 heteroatoms. The van der Waals surface area contributed by atoms with E-state index in [1.807, 2.05) is 13.0 Å². The van der Waals surface area contributed by atoms with Crippen LogP contribution in [-0.4, -0.2) is 12.5 Å². The van der Waals surface area contributed by atoms with Crippen LogP contribution in [0.15, 0.2) is 12.1 Å². The van der Waals surface area contributed by atoms with Gasteiger partial charge < -0.3 is 11.1 Å². The molecule has 1 aliphatic carbocycles. The molecule has 0 spiro atoms. The topological polar surface area (TPSA) is 55.1 Å². The van der Waals surface area contributed by atoms with Gasteiger partial charge in [-0.3, -0.25) is 4.79 Å². The Morgan fingerprint density at radius 3 is 2.84 bits per heavy atom. The maximum absolute atomic E-state index is 12.3. The van der Waals surface area contributed by atoms with Crippen LogP contribution in [0.25, 0.3) is 0 Å². The molecule has 1 amide bonds. The minimum atomic E-state index is -0.0300. The summed E-state index contributed by atoms with van der Waals surface area (Å²) < 4.78 is 0. The van der Waals surface area contributed by atoms with Crippen LogP contribution in [0.1, 0.15) is 24.8 Å². The minimum Gasteiger partial charge on any atom is -0.330 e. The third-order valence-corrected chi connectivity index (χ3v) is 4.63. The monoisotopic (exact) mass is 300 g/mol. The molecule has 1 aliphatic rings. The highest BCUT2D eigenvalue weighted by Crippen LogP contribution is 2.36. The lowest BCUT2D eigenvalue weighted by molar-refractivity contribution is -0.120. The highest BCUT2D eigenvalue weighted by molar-refractivity contribution is 6.40. The second-order valence-corrected chi connectivity index (χ2v) is 5.86. The van der Waals surface area contributed by atoms with Gasteiger partial charge in [0.1, 0.15) is 0 Å². The van der Waals surface area contributed by atoms with E-state index in [1.165, 1.54) is 0 Å². The van der Waals surface area contributed by atoms with Crippen molar-refractivity contribution >= 4 is 34.8 Å². The Bertz CT molecular complexity index is 491. The molecule has 0 aromatic heterocycles. The van der Waals surface area contributed by atoms with Crippen LogP contribution in [-0.2, 0) is 4.79 Å². The lowest BCUT2D eigenvalue weighted by Crippen LogP contribution is -2.30. The number of hydrogen-bond donors (Lipinski definition) is 2. The van der Waals surface area contributed by atoms with E-state index >= 15 is 0 Å². The van der Waals surface area contributed by atoms with E-state index in [-0.39, 0.29) is 17.7 Å². The Balaban J connectivity index is 2.17. The molecule has 0 saturated heterocycles. The fourth-order valence-electron chi connectivity index (χ4n) is 2.65. The van der Waals surface area contributed by atoms with Crippen molar-refractivity contribution in [2.24, 2.45) is 17.6 Å². The van der Waals surface area contributed by atoms with Crippen LogP contribution in [0.4, 0.5) is 5.69 Å². The summed E-state index contributed by atoms with van der Waals surface area (Å²) in [6, 6.07) is 3.58. The Hall–Kier alpha value is -0.770. The number of amides is 1. The third-order valence-electron chi connectivity index (χ3n) is 3.83. The molecule has 1 fully saturated rings. The van der Waals surface area contributed by atoms with Crippen molar-refractivity contribution in [3.05, 3.63) is 27.7 Å². The summed E-state index contributed by atoms with van der Waals surface area (Å²) >= 11 is 12.3. The number of rotatable bonds is 3. The fourth-order valence-corrected chi connectivity index (χ4v) is 3.12.